The van der Waals surface area contributed by atoms with Crippen LogP contribution in [0.2, 0.25) is 0 Å². The molecule has 1 aliphatic rings. The van der Waals surface area contributed by atoms with Gasteiger partial charge in [-0.1, -0.05) is 32.9 Å². The number of fused-ring (bicyclic) bond motifs is 2. The lowest BCUT2D eigenvalue weighted by Crippen LogP contribution is -2.28. The quantitative estimate of drug-likeness (QED) is 0.703. The Bertz CT molecular complexity index is 1080. The maximum Gasteiger partial charge on any atom is 0.293 e. The Morgan fingerprint density at radius 2 is 1.71 bits per heavy atom. The number of nitrogens with one attached hydrogen (secondary N) is 2. The van der Waals surface area contributed by atoms with Crippen molar-refractivity contribution in [3.8, 4) is 11.5 Å². The number of amides is 2. The standard InChI is InChI=1S/C21H20N2O5/c1-21(2,3)20(25)23-17-13-6-4-5-7-14(13)28-18(17)19(24)22-12-8-9-15-16(10-12)27-11-26-15/h4-10H,11H2,1-3H3,(H,22,24)(H,23,25). The van der Waals surface area contributed by atoms with Crippen molar-refractivity contribution in [2.24, 2.45) is 5.41 Å². The maximum atomic E-state index is 12.9. The van der Waals surface area contributed by atoms with Crippen molar-refractivity contribution in [3.05, 3.63) is 48.2 Å². The lowest BCUT2D eigenvalue weighted by molar-refractivity contribution is -0.123. The number of anilines is 2. The first-order valence-electron chi connectivity index (χ1n) is 8.87. The van der Waals surface area contributed by atoms with E-state index >= 15 is 0 Å². The van der Waals surface area contributed by atoms with Gasteiger partial charge in [0, 0.05) is 22.6 Å². The number of ether oxygens (including phenoxy) is 2. The second-order valence-electron chi connectivity index (χ2n) is 7.53. The lowest BCUT2D eigenvalue weighted by Gasteiger charge is -2.17. The van der Waals surface area contributed by atoms with Crippen LogP contribution in [-0.4, -0.2) is 18.6 Å². The van der Waals surface area contributed by atoms with E-state index in [1.165, 1.54) is 0 Å². The number of furan rings is 1. The summed E-state index contributed by atoms with van der Waals surface area (Å²) in [5, 5.41) is 6.29. The molecule has 0 radical (unpaired) electrons. The van der Waals surface area contributed by atoms with E-state index in [4.69, 9.17) is 13.9 Å². The van der Waals surface area contributed by atoms with Gasteiger partial charge in [0.1, 0.15) is 11.3 Å². The van der Waals surface area contributed by atoms with Crippen molar-refractivity contribution >= 4 is 34.2 Å². The first-order chi connectivity index (χ1) is 13.3. The Labute approximate surface area is 161 Å². The first-order valence-corrected chi connectivity index (χ1v) is 8.87. The molecular formula is C21H20N2O5. The lowest BCUT2D eigenvalue weighted by atomic mass is 9.95. The van der Waals surface area contributed by atoms with Crippen molar-refractivity contribution in [1.29, 1.82) is 0 Å². The summed E-state index contributed by atoms with van der Waals surface area (Å²) in [7, 11) is 0. The molecule has 2 heterocycles. The second-order valence-corrected chi connectivity index (χ2v) is 7.53. The van der Waals surface area contributed by atoms with Gasteiger partial charge in [-0.05, 0) is 24.3 Å². The maximum absolute atomic E-state index is 12.9. The topological polar surface area (TPSA) is 89.8 Å². The highest BCUT2D eigenvalue weighted by molar-refractivity contribution is 6.15. The molecule has 7 heteroatoms. The fourth-order valence-corrected chi connectivity index (χ4v) is 2.79. The van der Waals surface area contributed by atoms with Crippen LogP contribution in [0.25, 0.3) is 11.0 Å². The zero-order chi connectivity index (χ0) is 19.9. The van der Waals surface area contributed by atoms with Gasteiger partial charge in [0.2, 0.25) is 18.5 Å². The Morgan fingerprint density at radius 3 is 2.50 bits per heavy atom. The normalized spacial score (nSPS) is 12.8. The molecule has 0 atom stereocenters. The van der Waals surface area contributed by atoms with Gasteiger partial charge in [-0.15, -0.1) is 0 Å². The highest BCUT2D eigenvalue weighted by Crippen LogP contribution is 2.36. The number of benzene rings is 2. The second kappa shape index (κ2) is 6.60. The monoisotopic (exact) mass is 380 g/mol. The Hall–Kier alpha value is -3.48. The van der Waals surface area contributed by atoms with Crippen molar-refractivity contribution < 1.29 is 23.5 Å². The minimum atomic E-state index is -0.622. The van der Waals surface area contributed by atoms with E-state index < -0.39 is 11.3 Å². The van der Waals surface area contributed by atoms with Crippen molar-refractivity contribution in [2.45, 2.75) is 20.8 Å². The van der Waals surface area contributed by atoms with E-state index in [1.54, 1.807) is 57.2 Å². The van der Waals surface area contributed by atoms with Crippen molar-refractivity contribution in [1.82, 2.24) is 0 Å². The van der Waals surface area contributed by atoms with Gasteiger partial charge in [0.05, 0.1) is 0 Å². The zero-order valence-corrected chi connectivity index (χ0v) is 15.8. The summed E-state index contributed by atoms with van der Waals surface area (Å²) in [5.74, 6) is 0.537. The average Bonchev–Trinajstić information content (AvgIpc) is 3.25. The molecule has 1 aromatic heterocycles. The van der Waals surface area contributed by atoms with Crippen LogP contribution in [-0.2, 0) is 4.79 Å². The molecule has 0 saturated heterocycles. The molecular weight excluding hydrogens is 360 g/mol. The third kappa shape index (κ3) is 3.26. The Morgan fingerprint density at radius 1 is 0.964 bits per heavy atom. The Kier molecular flexibility index (Phi) is 4.22. The number of carbonyl (C=O) groups is 2. The summed E-state index contributed by atoms with van der Waals surface area (Å²) in [5.41, 5.74) is 0.780. The molecule has 0 bridgehead atoms. The number of rotatable bonds is 3. The molecule has 4 rings (SSSR count). The molecule has 2 amide bonds. The van der Waals surface area contributed by atoms with Gasteiger partial charge in [-0.3, -0.25) is 9.59 Å². The molecule has 7 nitrogen and oxygen atoms in total. The van der Waals surface area contributed by atoms with Gasteiger partial charge in [-0.25, -0.2) is 0 Å². The summed E-state index contributed by atoms with van der Waals surface area (Å²) in [6, 6.07) is 12.3. The molecule has 1 aliphatic heterocycles. The van der Waals surface area contributed by atoms with Crippen LogP contribution in [0.4, 0.5) is 11.4 Å². The zero-order valence-electron chi connectivity index (χ0n) is 15.8. The molecule has 0 spiro atoms. The van der Waals surface area contributed by atoms with E-state index in [1.807, 2.05) is 6.07 Å². The average molecular weight is 380 g/mol. The summed E-state index contributed by atoms with van der Waals surface area (Å²) in [6.45, 7) is 5.56. The molecule has 0 aliphatic carbocycles. The van der Waals surface area contributed by atoms with Gasteiger partial charge in [-0.2, -0.15) is 0 Å². The van der Waals surface area contributed by atoms with Gasteiger partial charge in [0.15, 0.2) is 11.5 Å². The van der Waals surface area contributed by atoms with Crippen LogP contribution < -0.4 is 20.1 Å². The molecule has 0 fully saturated rings. The summed E-state index contributed by atoms with van der Waals surface area (Å²) < 4.78 is 16.4. The number of carbonyl (C=O) groups excluding carboxylic acids is 2. The van der Waals surface area contributed by atoms with E-state index in [9.17, 15) is 9.59 Å². The fraction of sp³-hybridized carbons (Fsp3) is 0.238. The van der Waals surface area contributed by atoms with Crippen LogP contribution in [0.3, 0.4) is 0 Å². The van der Waals surface area contributed by atoms with Crippen molar-refractivity contribution in [3.63, 3.8) is 0 Å². The smallest absolute Gasteiger partial charge is 0.293 e. The minimum Gasteiger partial charge on any atom is -0.454 e. The highest BCUT2D eigenvalue weighted by atomic mass is 16.7. The van der Waals surface area contributed by atoms with Crippen LogP contribution in [0.1, 0.15) is 31.3 Å². The number of para-hydroxylation sites is 1. The van der Waals surface area contributed by atoms with Gasteiger partial charge in [0.25, 0.3) is 5.91 Å². The van der Waals surface area contributed by atoms with Crippen LogP contribution in [0.5, 0.6) is 11.5 Å². The van der Waals surface area contributed by atoms with E-state index in [2.05, 4.69) is 10.6 Å². The largest absolute Gasteiger partial charge is 0.454 e. The fourth-order valence-electron chi connectivity index (χ4n) is 2.79. The summed E-state index contributed by atoms with van der Waals surface area (Å²) >= 11 is 0. The Balaban J connectivity index is 1.68. The van der Waals surface area contributed by atoms with E-state index in [0.717, 1.165) is 0 Å². The number of hydrogen-bond donors (Lipinski definition) is 2. The highest BCUT2D eigenvalue weighted by Gasteiger charge is 2.27. The predicted octanol–water partition coefficient (Wildman–Crippen LogP) is 4.40. The molecule has 144 valence electrons. The molecule has 28 heavy (non-hydrogen) atoms. The third-order valence-corrected chi connectivity index (χ3v) is 4.35. The molecule has 0 unspecified atom stereocenters. The first kappa shape index (κ1) is 17.9. The SMILES string of the molecule is CC(C)(C)C(=O)Nc1c(C(=O)Nc2ccc3c(c2)OCO3)oc2ccccc12. The van der Waals surface area contributed by atoms with E-state index in [0.29, 0.717) is 33.8 Å². The molecule has 2 N–H and O–H groups in total. The minimum absolute atomic E-state index is 0.0384. The predicted molar refractivity (Wildman–Crippen MR) is 105 cm³/mol. The van der Waals surface area contributed by atoms with Crippen LogP contribution in [0.15, 0.2) is 46.9 Å². The van der Waals surface area contributed by atoms with Gasteiger partial charge < -0.3 is 24.5 Å². The van der Waals surface area contributed by atoms with Gasteiger partial charge >= 0.3 is 0 Å². The van der Waals surface area contributed by atoms with Crippen LogP contribution in [0, 0.1) is 5.41 Å². The molecule has 2 aromatic carbocycles. The number of hydrogen-bond acceptors (Lipinski definition) is 5. The van der Waals surface area contributed by atoms with E-state index in [-0.39, 0.29) is 18.5 Å². The summed E-state index contributed by atoms with van der Waals surface area (Å²) in [6.07, 6.45) is 0. The third-order valence-electron chi connectivity index (χ3n) is 4.35. The molecule has 0 saturated carbocycles. The summed E-state index contributed by atoms with van der Waals surface area (Å²) in [4.78, 5) is 25.4. The van der Waals surface area contributed by atoms with Crippen LogP contribution >= 0.6 is 0 Å². The molecule has 3 aromatic rings. The van der Waals surface area contributed by atoms with Crippen molar-refractivity contribution in [2.75, 3.05) is 17.4 Å².